The lowest BCUT2D eigenvalue weighted by molar-refractivity contribution is 0.346. The number of allylic oxidation sites excluding steroid dienone is 9. The van der Waals surface area contributed by atoms with Crippen molar-refractivity contribution in [3.63, 3.8) is 0 Å². The number of aliphatic imine (C=N–C) groups is 1. The third-order valence-electron chi connectivity index (χ3n) is 9.30. The molecule has 1 atom stereocenters. The van der Waals surface area contributed by atoms with Crippen LogP contribution in [-0.4, -0.2) is 25.6 Å². The first-order chi connectivity index (χ1) is 21.8. The van der Waals surface area contributed by atoms with Crippen LogP contribution in [0.3, 0.4) is 0 Å². The SMILES string of the molecule is C1=CCC2=C(C3=CNCC(C4=NCCO4)=C3)C=C3C(C2=C1)c1ccc(-c2ccc4ccccc4c2)cc1N3c1ccccc1. The molecule has 1 unspecified atom stereocenters. The molecule has 44 heavy (non-hydrogen) atoms. The van der Waals surface area contributed by atoms with E-state index in [-0.39, 0.29) is 5.92 Å². The van der Waals surface area contributed by atoms with Gasteiger partial charge in [0.05, 0.1) is 18.2 Å². The summed E-state index contributed by atoms with van der Waals surface area (Å²) >= 11 is 0. The Morgan fingerprint density at radius 2 is 1.68 bits per heavy atom. The van der Waals surface area contributed by atoms with Crippen molar-refractivity contribution >= 4 is 28.0 Å². The number of para-hydroxylation sites is 1. The number of hydrogen-bond donors (Lipinski definition) is 1. The summed E-state index contributed by atoms with van der Waals surface area (Å²) in [6.45, 7) is 2.12. The Labute approximate surface area is 257 Å². The average Bonchev–Trinajstić information content (AvgIpc) is 3.75. The van der Waals surface area contributed by atoms with Gasteiger partial charge in [0.2, 0.25) is 5.90 Å². The molecule has 4 nitrogen and oxygen atoms in total. The van der Waals surface area contributed by atoms with E-state index in [0.29, 0.717) is 6.61 Å². The van der Waals surface area contributed by atoms with E-state index in [1.54, 1.807) is 0 Å². The predicted octanol–water partition coefficient (Wildman–Crippen LogP) is 8.66. The van der Waals surface area contributed by atoms with Gasteiger partial charge in [-0.2, -0.15) is 0 Å². The second kappa shape index (κ2) is 10.1. The van der Waals surface area contributed by atoms with E-state index >= 15 is 0 Å². The molecule has 2 aliphatic carbocycles. The van der Waals surface area contributed by atoms with E-state index in [1.807, 2.05) is 0 Å². The van der Waals surface area contributed by atoms with Gasteiger partial charge in [-0.1, -0.05) is 85.0 Å². The molecule has 212 valence electrons. The first-order valence-corrected chi connectivity index (χ1v) is 15.4. The number of rotatable bonds is 4. The summed E-state index contributed by atoms with van der Waals surface area (Å²) in [7, 11) is 0. The standard InChI is InChI=1S/C40H31N3O/c1-2-10-32(11-3-1)43-37-22-29(28-15-14-26-8-4-5-9-27(26)20-28)16-17-35(37)39-34-13-7-6-12-33(34)36(23-38(39)43)30-21-31(25-41-24-30)40-42-18-19-44-40/h1-11,13-17,20-24,39,41H,12,18-19,25H2. The molecule has 4 heteroatoms. The molecule has 5 aliphatic rings. The molecule has 3 aliphatic heterocycles. The van der Waals surface area contributed by atoms with Crippen LogP contribution in [0.4, 0.5) is 11.4 Å². The van der Waals surface area contributed by atoms with Crippen molar-refractivity contribution in [2.45, 2.75) is 12.3 Å². The predicted molar refractivity (Wildman–Crippen MR) is 180 cm³/mol. The lowest BCUT2D eigenvalue weighted by Crippen LogP contribution is -2.23. The zero-order valence-electron chi connectivity index (χ0n) is 24.3. The van der Waals surface area contributed by atoms with Crippen LogP contribution in [0.2, 0.25) is 0 Å². The number of ether oxygens (including phenoxy) is 1. The summed E-state index contributed by atoms with van der Waals surface area (Å²) in [5.74, 6) is 0.942. The zero-order valence-corrected chi connectivity index (χ0v) is 24.3. The first kappa shape index (κ1) is 25.2. The highest BCUT2D eigenvalue weighted by Crippen LogP contribution is 2.57. The summed E-state index contributed by atoms with van der Waals surface area (Å²) in [5, 5.41) is 6.03. The third-order valence-corrected chi connectivity index (χ3v) is 9.30. The molecule has 4 aromatic carbocycles. The van der Waals surface area contributed by atoms with Crippen molar-refractivity contribution < 1.29 is 4.74 Å². The van der Waals surface area contributed by atoms with E-state index < -0.39 is 0 Å². The van der Waals surface area contributed by atoms with E-state index in [2.05, 4.69) is 143 Å². The zero-order chi connectivity index (χ0) is 29.0. The molecule has 0 aromatic heterocycles. The maximum absolute atomic E-state index is 5.84. The van der Waals surface area contributed by atoms with Gasteiger partial charge in [0, 0.05) is 29.7 Å². The molecule has 1 N–H and O–H groups in total. The molecule has 0 saturated heterocycles. The van der Waals surface area contributed by atoms with Gasteiger partial charge < -0.3 is 15.0 Å². The van der Waals surface area contributed by atoms with E-state index in [0.717, 1.165) is 31.0 Å². The number of nitrogens with one attached hydrogen (secondary N) is 1. The van der Waals surface area contributed by atoms with Crippen LogP contribution in [0, 0.1) is 0 Å². The van der Waals surface area contributed by atoms with Crippen LogP contribution in [0.5, 0.6) is 0 Å². The van der Waals surface area contributed by atoms with E-state index in [4.69, 9.17) is 4.74 Å². The van der Waals surface area contributed by atoms with Gasteiger partial charge in [0.25, 0.3) is 0 Å². The van der Waals surface area contributed by atoms with Crippen LogP contribution >= 0.6 is 0 Å². The van der Waals surface area contributed by atoms with Crippen molar-refractivity contribution in [1.82, 2.24) is 5.32 Å². The van der Waals surface area contributed by atoms with Crippen molar-refractivity contribution in [3.8, 4) is 11.1 Å². The summed E-state index contributed by atoms with van der Waals surface area (Å²) in [6.07, 6.45) is 14.6. The summed E-state index contributed by atoms with van der Waals surface area (Å²) in [5.41, 5.74) is 13.8. The summed E-state index contributed by atoms with van der Waals surface area (Å²) < 4.78 is 5.84. The van der Waals surface area contributed by atoms with Crippen molar-refractivity contribution in [2.75, 3.05) is 24.6 Å². The second-order valence-corrected chi connectivity index (χ2v) is 11.8. The minimum atomic E-state index is 0.169. The van der Waals surface area contributed by atoms with Crippen molar-refractivity contribution in [1.29, 1.82) is 0 Å². The Hall–Kier alpha value is -5.35. The fourth-order valence-corrected chi connectivity index (χ4v) is 7.28. The molecular weight excluding hydrogens is 538 g/mol. The first-order valence-electron chi connectivity index (χ1n) is 15.4. The van der Waals surface area contributed by atoms with Crippen molar-refractivity contribution in [3.05, 3.63) is 167 Å². The highest BCUT2D eigenvalue weighted by Gasteiger charge is 2.41. The van der Waals surface area contributed by atoms with Gasteiger partial charge in [-0.05, 0) is 92.6 Å². The number of dihydropyridines is 1. The highest BCUT2D eigenvalue weighted by atomic mass is 16.5. The quantitative estimate of drug-likeness (QED) is 0.267. The molecule has 9 rings (SSSR count). The Balaban J connectivity index is 1.21. The second-order valence-electron chi connectivity index (χ2n) is 11.8. The molecule has 0 bridgehead atoms. The molecule has 0 amide bonds. The van der Waals surface area contributed by atoms with Gasteiger partial charge in [-0.15, -0.1) is 0 Å². The minimum absolute atomic E-state index is 0.169. The maximum atomic E-state index is 5.84. The number of hydrogen-bond acceptors (Lipinski definition) is 4. The number of benzene rings is 4. The maximum Gasteiger partial charge on any atom is 0.213 e. The fraction of sp³-hybridized carbons (Fsp3) is 0.125. The Bertz CT molecular complexity index is 2070. The van der Waals surface area contributed by atoms with Crippen molar-refractivity contribution in [2.24, 2.45) is 4.99 Å². The van der Waals surface area contributed by atoms with Gasteiger partial charge in [-0.3, -0.25) is 0 Å². The van der Waals surface area contributed by atoms with Crippen LogP contribution in [0.1, 0.15) is 17.9 Å². The van der Waals surface area contributed by atoms with Gasteiger partial charge >= 0.3 is 0 Å². The van der Waals surface area contributed by atoms with Gasteiger partial charge in [0.1, 0.15) is 6.61 Å². The number of anilines is 2. The van der Waals surface area contributed by atoms with Crippen LogP contribution in [-0.2, 0) is 4.74 Å². The number of fused-ring (bicyclic) bond motifs is 6. The molecule has 0 radical (unpaired) electrons. The van der Waals surface area contributed by atoms with Crippen LogP contribution < -0.4 is 10.2 Å². The van der Waals surface area contributed by atoms with Gasteiger partial charge in [0.15, 0.2) is 0 Å². The Morgan fingerprint density at radius 3 is 2.57 bits per heavy atom. The monoisotopic (exact) mass is 569 g/mol. The van der Waals surface area contributed by atoms with Crippen LogP contribution in [0.15, 0.2) is 166 Å². The molecular formula is C40H31N3O. The minimum Gasteiger partial charge on any atom is -0.476 e. The molecule has 0 saturated carbocycles. The normalized spacial score (nSPS) is 20.0. The Kier molecular flexibility index (Phi) is 5.80. The highest BCUT2D eigenvalue weighted by molar-refractivity contribution is 5.96. The summed E-state index contributed by atoms with van der Waals surface area (Å²) in [6, 6.07) is 33.2. The fourth-order valence-electron chi connectivity index (χ4n) is 7.28. The smallest absolute Gasteiger partial charge is 0.213 e. The third kappa shape index (κ3) is 4.02. The topological polar surface area (TPSA) is 36.9 Å². The lowest BCUT2D eigenvalue weighted by Gasteiger charge is -2.32. The molecule has 3 heterocycles. The largest absolute Gasteiger partial charge is 0.476 e. The number of nitrogens with zero attached hydrogens (tertiary/aromatic N) is 2. The average molecular weight is 570 g/mol. The van der Waals surface area contributed by atoms with Crippen LogP contribution in [0.25, 0.3) is 21.9 Å². The summed E-state index contributed by atoms with van der Waals surface area (Å²) in [4.78, 5) is 7.08. The molecule has 0 fully saturated rings. The Morgan fingerprint density at radius 1 is 0.841 bits per heavy atom. The van der Waals surface area contributed by atoms with Gasteiger partial charge in [-0.25, -0.2) is 4.99 Å². The van der Waals surface area contributed by atoms with E-state index in [9.17, 15) is 0 Å². The molecule has 4 aromatic rings. The lowest BCUT2D eigenvalue weighted by atomic mass is 9.75. The molecule has 0 spiro atoms. The van der Waals surface area contributed by atoms with E-state index in [1.165, 1.54) is 66.8 Å².